The molecule has 7 nitrogen and oxygen atoms in total. The van der Waals surface area contributed by atoms with Crippen LogP contribution >= 0.6 is 11.6 Å². The number of halogens is 1. The van der Waals surface area contributed by atoms with Crippen LogP contribution in [0.5, 0.6) is 5.88 Å². The van der Waals surface area contributed by atoms with Crippen LogP contribution in [0.1, 0.15) is 36.8 Å². The number of methoxy groups -OCH3 is 1. The first-order valence-electron chi connectivity index (χ1n) is 9.12. The number of nitriles is 1. The van der Waals surface area contributed by atoms with Crippen molar-refractivity contribution in [3.8, 4) is 11.9 Å². The van der Waals surface area contributed by atoms with Gasteiger partial charge in [-0.15, -0.1) is 0 Å². The molecule has 0 aliphatic carbocycles. The molecule has 0 spiro atoms. The number of anilines is 1. The molecule has 1 fully saturated rings. The maximum absolute atomic E-state index is 12.6. The molecule has 0 aromatic carbocycles. The van der Waals surface area contributed by atoms with E-state index in [1.54, 1.807) is 18.3 Å². The van der Waals surface area contributed by atoms with Crippen molar-refractivity contribution in [1.82, 2.24) is 14.9 Å². The fraction of sp³-hybridized carbons (Fsp3) is 0.400. The fourth-order valence-electron chi connectivity index (χ4n) is 3.41. The lowest BCUT2D eigenvalue weighted by atomic mass is 9.90. The highest BCUT2D eigenvalue weighted by Gasteiger charge is 2.29. The van der Waals surface area contributed by atoms with Gasteiger partial charge < -0.3 is 10.1 Å². The Hall–Kier alpha value is -2.69. The maximum atomic E-state index is 12.6. The van der Waals surface area contributed by atoms with E-state index in [9.17, 15) is 10.1 Å². The van der Waals surface area contributed by atoms with Crippen molar-refractivity contribution in [2.45, 2.75) is 31.7 Å². The number of nitrogens with zero attached hydrogens (tertiary/aromatic N) is 4. The van der Waals surface area contributed by atoms with E-state index in [0.29, 0.717) is 22.3 Å². The van der Waals surface area contributed by atoms with E-state index in [4.69, 9.17) is 16.3 Å². The fourth-order valence-corrected chi connectivity index (χ4v) is 3.52. The van der Waals surface area contributed by atoms with Crippen molar-refractivity contribution in [1.29, 1.82) is 5.26 Å². The summed E-state index contributed by atoms with van der Waals surface area (Å²) < 4.78 is 5.12. The number of pyridine rings is 2. The predicted molar refractivity (Wildman–Crippen MR) is 106 cm³/mol. The first kappa shape index (κ1) is 20.1. The molecule has 2 aromatic rings. The van der Waals surface area contributed by atoms with Crippen LogP contribution < -0.4 is 10.1 Å². The van der Waals surface area contributed by atoms with Crippen LogP contribution in [0.15, 0.2) is 30.6 Å². The van der Waals surface area contributed by atoms with Gasteiger partial charge in [-0.3, -0.25) is 9.69 Å². The zero-order valence-corrected chi connectivity index (χ0v) is 16.6. The van der Waals surface area contributed by atoms with Gasteiger partial charge in [0.05, 0.1) is 18.2 Å². The molecule has 0 bridgehead atoms. The third-order valence-electron chi connectivity index (χ3n) is 5.02. The average Bonchev–Trinajstić information content (AvgIpc) is 2.74. The summed E-state index contributed by atoms with van der Waals surface area (Å²) in [5.74, 6) is 0.916. The molecule has 1 unspecified atom stereocenters. The van der Waals surface area contributed by atoms with Gasteiger partial charge in [-0.2, -0.15) is 5.26 Å². The highest BCUT2D eigenvalue weighted by molar-refractivity contribution is 6.30. The molecule has 28 heavy (non-hydrogen) atoms. The predicted octanol–water partition coefficient (Wildman–Crippen LogP) is 3.22. The molecule has 1 amide bonds. The summed E-state index contributed by atoms with van der Waals surface area (Å²) in [6, 6.07) is 7.03. The molecule has 1 N–H and O–H groups in total. The summed E-state index contributed by atoms with van der Waals surface area (Å²) in [5.41, 5.74) is 1.42. The maximum Gasteiger partial charge on any atom is 0.242 e. The van der Waals surface area contributed by atoms with Gasteiger partial charge in [0.1, 0.15) is 17.5 Å². The van der Waals surface area contributed by atoms with Crippen LogP contribution in [0.3, 0.4) is 0 Å². The minimum Gasteiger partial charge on any atom is -0.480 e. The average molecular weight is 400 g/mol. The summed E-state index contributed by atoms with van der Waals surface area (Å²) in [4.78, 5) is 23.1. The molecule has 8 heteroatoms. The van der Waals surface area contributed by atoms with Crippen LogP contribution in [0.2, 0.25) is 5.02 Å². The summed E-state index contributed by atoms with van der Waals surface area (Å²) in [5, 5.41) is 12.6. The molecule has 3 heterocycles. The number of carbonyl (C=O) groups is 1. The second kappa shape index (κ2) is 9.00. The topological polar surface area (TPSA) is 91.1 Å². The third-order valence-corrected chi connectivity index (χ3v) is 5.24. The lowest BCUT2D eigenvalue weighted by molar-refractivity contribution is -0.121. The number of nitrogens with one attached hydrogen (secondary N) is 1. The number of aromatic nitrogens is 2. The number of carbonyl (C=O) groups excluding carboxylic acids is 1. The van der Waals surface area contributed by atoms with Crippen molar-refractivity contribution in [2.75, 3.05) is 25.5 Å². The van der Waals surface area contributed by atoms with Crippen LogP contribution in [0.25, 0.3) is 0 Å². The van der Waals surface area contributed by atoms with Gasteiger partial charge in [-0.05, 0) is 56.0 Å². The van der Waals surface area contributed by atoms with Gasteiger partial charge in [-0.1, -0.05) is 11.6 Å². The van der Waals surface area contributed by atoms with Gasteiger partial charge in [0.15, 0.2) is 0 Å². The molecular formula is C20H22ClN5O2. The van der Waals surface area contributed by atoms with Crippen molar-refractivity contribution in [3.05, 3.63) is 46.7 Å². The van der Waals surface area contributed by atoms with Gasteiger partial charge in [0.25, 0.3) is 0 Å². The first-order chi connectivity index (χ1) is 13.5. The Morgan fingerprint density at radius 1 is 1.43 bits per heavy atom. The Morgan fingerprint density at radius 3 is 2.93 bits per heavy atom. The Balaban J connectivity index is 1.67. The molecule has 0 saturated carbocycles. The highest BCUT2D eigenvalue weighted by atomic mass is 35.5. The Bertz CT molecular complexity index is 881. The normalized spacial score (nSPS) is 18.1. The third kappa shape index (κ3) is 4.58. The quantitative estimate of drug-likeness (QED) is 0.830. The van der Waals surface area contributed by atoms with Gasteiger partial charge in [0, 0.05) is 18.9 Å². The molecule has 146 valence electrons. The lowest BCUT2D eigenvalue weighted by Crippen LogP contribution is -2.46. The molecule has 1 aliphatic heterocycles. The number of hydrogen-bond acceptors (Lipinski definition) is 6. The minimum absolute atomic E-state index is 0.110. The first-order valence-corrected chi connectivity index (χ1v) is 9.50. The highest BCUT2D eigenvalue weighted by Crippen LogP contribution is 2.30. The number of rotatable bonds is 5. The second-order valence-corrected chi connectivity index (χ2v) is 7.23. The van der Waals surface area contributed by atoms with E-state index in [-0.39, 0.29) is 17.9 Å². The number of likely N-dealkylation sites (tertiary alicyclic amines) is 1. The number of amides is 1. The van der Waals surface area contributed by atoms with Crippen LogP contribution in [-0.4, -0.2) is 47.0 Å². The number of hydrogen-bond donors (Lipinski definition) is 1. The number of piperidine rings is 1. The van der Waals surface area contributed by atoms with Crippen molar-refractivity contribution in [2.24, 2.45) is 0 Å². The van der Waals surface area contributed by atoms with E-state index in [2.05, 4.69) is 26.3 Å². The van der Waals surface area contributed by atoms with Crippen molar-refractivity contribution >= 4 is 23.3 Å². The molecule has 0 radical (unpaired) electrons. The summed E-state index contributed by atoms with van der Waals surface area (Å²) in [7, 11) is 1.50. The van der Waals surface area contributed by atoms with Gasteiger partial charge in [-0.25, -0.2) is 9.97 Å². The Labute approximate surface area is 169 Å². The smallest absolute Gasteiger partial charge is 0.242 e. The van der Waals surface area contributed by atoms with Crippen molar-refractivity contribution < 1.29 is 9.53 Å². The SMILES string of the molecule is COc1ncc(C2CCCN([C@@H](C)C(=O)Nc3ccc(Cl)cn3)C2)cc1C#N. The molecular weight excluding hydrogens is 378 g/mol. The van der Waals surface area contributed by atoms with E-state index >= 15 is 0 Å². The molecule has 2 aromatic heterocycles. The van der Waals surface area contributed by atoms with Crippen molar-refractivity contribution in [3.63, 3.8) is 0 Å². The van der Waals surface area contributed by atoms with E-state index in [1.165, 1.54) is 13.3 Å². The standard InChI is InChI=1S/C20H22ClN5O2/c1-13(19(27)25-18-6-5-17(21)11-23-18)26-7-3-4-14(12-26)16-8-15(9-22)20(28-2)24-10-16/h5-6,8,10-11,13-14H,3-4,7,12H2,1-2H3,(H,23,25,27)/t13-,14?/m0/s1. The van der Waals surface area contributed by atoms with E-state index < -0.39 is 0 Å². The molecule has 1 aliphatic rings. The van der Waals surface area contributed by atoms with Gasteiger partial charge in [0.2, 0.25) is 11.8 Å². The van der Waals surface area contributed by atoms with E-state index in [0.717, 1.165) is 31.5 Å². The molecule has 3 rings (SSSR count). The number of ether oxygens (including phenoxy) is 1. The lowest BCUT2D eigenvalue weighted by Gasteiger charge is -2.36. The molecule has 1 saturated heterocycles. The Kier molecular flexibility index (Phi) is 6.45. The molecule has 2 atom stereocenters. The van der Waals surface area contributed by atoms with Crippen LogP contribution in [0.4, 0.5) is 5.82 Å². The second-order valence-electron chi connectivity index (χ2n) is 6.80. The van der Waals surface area contributed by atoms with E-state index in [1.807, 2.05) is 13.0 Å². The van der Waals surface area contributed by atoms with Crippen LogP contribution in [0, 0.1) is 11.3 Å². The Morgan fingerprint density at radius 2 is 2.25 bits per heavy atom. The minimum atomic E-state index is -0.304. The summed E-state index contributed by atoms with van der Waals surface area (Å²) >= 11 is 5.83. The summed E-state index contributed by atoms with van der Waals surface area (Å²) in [6.07, 6.45) is 5.22. The van der Waals surface area contributed by atoms with Gasteiger partial charge >= 0.3 is 0 Å². The zero-order chi connectivity index (χ0) is 20.1. The van der Waals surface area contributed by atoms with Crippen LogP contribution in [-0.2, 0) is 4.79 Å². The summed E-state index contributed by atoms with van der Waals surface area (Å²) in [6.45, 7) is 3.45. The zero-order valence-electron chi connectivity index (χ0n) is 15.9. The largest absolute Gasteiger partial charge is 0.480 e. The monoisotopic (exact) mass is 399 g/mol.